The second-order valence-electron chi connectivity index (χ2n) is 7.25. The minimum atomic E-state index is -3.04. The third kappa shape index (κ3) is 3.00. The zero-order valence-corrected chi connectivity index (χ0v) is 16.7. The first-order valence-electron chi connectivity index (χ1n) is 9.19. The number of fused-ring (bicyclic) bond motifs is 2. The van der Waals surface area contributed by atoms with Crippen LogP contribution in [0, 0.1) is 0 Å². The fourth-order valence-electron chi connectivity index (χ4n) is 4.00. The van der Waals surface area contributed by atoms with Gasteiger partial charge in [-0.1, -0.05) is 36.4 Å². The van der Waals surface area contributed by atoms with Gasteiger partial charge < -0.3 is 5.32 Å². The molecule has 1 amide bonds. The van der Waals surface area contributed by atoms with Crippen molar-refractivity contribution in [3.63, 3.8) is 0 Å². The number of benzene rings is 2. The number of hydrogen-bond donors (Lipinski definition) is 1. The maximum atomic E-state index is 13.1. The van der Waals surface area contributed by atoms with Crippen LogP contribution in [0.3, 0.4) is 0 Å². The SMILES string of the molecule is O=C(Nc1c2c(nn1C1CCS(=O)(=O)C1)CSC2)c1cccc2ccccc12. The van der Waals surface area contributed by atoms with Gasteiger partial charge in [-0.05, 0) is 23.3 Å². The summed E-state index contributed by atoms with van der Waals surface area (Å²) in [4.78, 5) is 13.1. The van der Waals surface area contributed by atoms with E-state index in [1.807, 2.05) is 42.5 Å². The van der Waals surface area contributed by atoms with Crippen molar-refractivity contribution in [3.8, 4) is 0 Å². The van der Waals surface area contributed by atoms with Crippen molar-refractivity contribution in [1.82, 2.24) is 9.78 Å². The number of carbonyl (C=O) groups is 1. The molecule has 5 rings (SSSR count). The highest BCUT2D eigenvalue weighted by Gasteiger charge is 2.34. The third-order valence-electron chi connectivity index (χ3n) is 5.40. The predicted octanol–water partition coefficient (Wildman–Crippen LogP) is 3.40. The second-order valence-corrected chi connectivity index (χ2v) is 10.5. The Hall–Kier alpha value is -2.32. The van der Waals surface area contributed by atoms with Crippen molar-refractivity contribution < 1.29 is 13.2 Å². The van der Waals surface area contributed by atoms with Crippen LogP contribution < -0.4 is 5.32 Å². The van der Waals surface area contributed by atoms with Crippen LogP contribution >= 0.6 is 11.8 Å². The van der Waals surface area contributed by atoms with Gasteiger partial charge in [-0.15, -0.1) is 0 Å². The zero-order chi connectivity index (χ0) is 19.3. The molecule has 1 unspecified atom stereocenters. The molecular formula is C20H19N3O3S2. The summed E-state index contributed by atoms with van der Waals surface area (Å²) in [5.41, 5.74) is 2.56. The van der Waals surface area contributed by atoms with Crippen LogP contribution in [0.4, 0.5) is 5.82 Å². The van der Waals surface area contributed by atoms with E-state index < -0.39 is 9.84 Å². The number of nitrogens with one attached hydrogen (secondary N) is 1. The van der Waals surface area contributed by atoms with Gasteiger partial charge in [0.25, 0.3) is 5.91 Å². The number of carbonyl (C=O) groups excluding carboxylic acids is 1. The zero-order valence-electron chi connectivity index (χ0n) is 15.1. The highest BCUT2D eigenvalue weighted by atomic mass is 32.2. The van der Waals surface area contributed by atoms with Gasteiger partial charge >= 0.3 is 0 Å². The molecule has 1 atom stereocenters. The average molecular weight is 414 g/mol. The van der Waals surface area contributed by atoms with Crippen molar-refractivity contribution in [2.45, 2.75) is 24.0 Å². The Morgan fingerprint density at radius 1 is 1.14 bits per heavy atom. The maximum absolute atomic E-state index is 13.1. The van der Waals surface area contributed by atoms with E-state index in [9.17, 15) is 13.2 Å². The molecule has 0 spiro atoms. The van der Waals surface area contributed by atoms with Crippen LogP contribution in [0.15, 0.2) is 42.5 Å². The Bertz CT molecular complexity index is 1200. The molecule has 1 N–H and O–H groups in total. The van der Waals surface area contributed by atoms with E-state index in [1.54, 1.807) is 16.4 Å². The summed E-state index contributed by atoms with van der Waals surface area (Å²) in [5, 5.41) is 9.62. The molecule has 8 heteroatoms. The number of amides is 1. The molecule has 0 aliphatic carbocycles. The van der Waals surface area contributed by atoms with E-state index in [-0.39, 0.29) is 23.5 Å². The van der Waals surface area contributed by atoms with Gasteiger partial charge in [0.15, 0.2) is 9.84 Å². The molecule has 2 aliphatic rings. The van der Waals surface area contributed by atoms with E-state index in [0.717, 1.165) is 33.5 Å². The Morgan fingerprint density at radius 3 is 2.79 bits per heavy atom. The van der Waals surface area contributed by atoms with Crippen molar-refractivity contribution in [2.75, 3.05) is 16.8 Å². The molecular weight excluding hydrogens is 394 g/mol. The average Bonchev–Trinajstić information content (AvgIpc) is 3.36. The lowest BCUT2D eigenvalue weighted by molar-refractivity contribution is 0.102. The quantitative estimate of drug-likeness (QED) is 0.712. The Labute approximate surface area is 167 Å². The summed E-state index contributed by atoms with van der Waals surface area (Å²) in [6, 6.07) is 13.2. The number of anilines is 1. The first kappa shape index (κ1) is 17.8. The summed E-state index contributed by atoms with van der Waals surface area (Å²) in [5.74, 6) is 2.28. The lowest BCUT2D eigenvalue weighted by Crippen LogP contribution is -2.20. The normalized spacial score (nSPS) is 20.4. The Morgan fingerprint density at radius 2 is 1.96 bits per heavy atom. The summed E-state index contributed by atoms with van der Waals surface area (Å²) >= 11 is 1.75. The van der Waals surface area contributed by atoms with E-state index in [0.29, 0.717) is 17.8 Å². The number of nitrogens with zero attached hydrogens (tertiary/aromatic N) is 2. The van der Waals surface area contributed by atoms with E-state index in [1.165, 1.54) is 0 Å². The van der Waals surface area contributed by atoms with Crippen LogP contribution in [-0.4, -0.2) is 35.6 Å². The maximum Gasteiger partial charge on any atom is 0.257 e. The molecule has 0 radical (unpaired) electrons. The number of rotatable bonds is 3. The van der Waals surface area contributed by atoms with Crippen LogP contribution in [0.1, 0.15) is 34.1 Å². The predicted molar refractivity (Wildman–Crippen MR) is 111 cm³/mol. The van der Waals surface area contributed by atoms with Gasteiger partial charge in [0.2, 0.25) is 0 Å². The molecule has 1 aromatic heterocycles. The van der Waals surface area contributed by atoms with E-state index in [4.69, 9.17) is 0 Å². The van der Waals surface area contributed by atoms with Crippen molar-refractivity contribution >= 4 is 44.1 Å². The number of hydrogen-bond acceptors (Lipinski definition) is 5. The summed E-state index contributed by atoms with van der Waals surface area (Å²) in [7, 11) is -3.04. The monoisotopic (exact) mass is 413 g/mol. The van der Waals surface area contributed by atoms with Gasteiger partial charge in [0.05, 0.1) is 23.2 Å². The molecule has 0 bridgehead atoms. The smallest absolute Gasteiger partial charge is 0.257 e. The van der Waals surface area contributed by atoms with Crippen molar-refractivity contribution in [2.24, 2.45) is 0 Å². The van der Waals surface area contributed by atoms with Gasteiger partial charge in [-0.2, -0.15) is 16.9 Å². The lowest BCUT2D eigenvalue weighted by Gasteiger charge is -2.16. The third-order valence-corrected chi connectivity index (χ3v) is 8.12. The van der Waals surface area contributed by atoms with Crippen LogP contribution in [0.25, 0.3) is 10.8 Å². The van der Waals surface area contributed by atoms with Crippen molar-refractivity contribution in [1.29, 1.82) is 0 Å². The molecule has 2 aromatic carbocycles. The Balaban J connectivity index is 1.54. The van der Waals surface area contributed by atoms with Gasteiger partial charge in [0.1, 0.15) is 5.82 Å². The number of thioether (sulfide) groups is 1. The van der Waals surface area contributed by atoms with Crippen molar-refractivity contribution in [3.05, 3.63) is 59.3 Å². The van der Waals surface area contributed by atoms with Gasteiger partial charge in [-0.3, -0.25) is 4.79 Å². The lowest BCUT2D eigenvalue weighted by atomic mass is 10.0. The molecule has 3 heterocycles. The molecule has 144 valence electrons. The molecule has 1 saturated heterocycles. The number of sulfone groups is 1. The summed E-state index contributed by atoms with van der Waals surface area (Å²) in [6.07, 6.45) is 0.535. The largest absolute Gasteiger partial charge is 0.306 e. The summed E-state index contributed by atoms with van der Waals surface area (Å²) in [6.45, 7) is 0. The highest BCUT2D eigenvalue weighted by molar-refractivity contribution is 7.98. The van der Waals surface area contributed by atoms with Gasteiger partial charge in [0, 0.05) is 22.6 Å². The minimum absolute atomic E-state index is 0.0812. The van der Waals surface area contributed by atoms with E-state index >= 15 is 0 Å². The highest BCUT2D eigenvalue weighted by Crippen LogP contribution is 2.38. The van der Waals surface area contributed by atoms with Crippen LogP contribution in [0.2, 0.25) is 0 Å². The minimum Gasteiger partial charge on any atom is -0.306 e. The molecule has 1 fully saturated rings. The number of aromatic nitrogens is 2. The van der Waals surface area contributed by atoms with Crippen LogP contribution in [-0.2, 0) is 21.3 Å². The fraction of sp³-hybridized carbons (Fsp3) is 0.300. The molecule has 6 nitrogen and oxygen atoms in total. The Kier molecular flexibility index (Phi) is 4.21. The molecule has 2 aliphatic heterocycles. The standard InChI is InChI=1S/C20H19N3O3S2/c24-20(16-7-3-5-13-4-1-2-6-15(13)16)21-19-17-10-27-11-18(17)22-23(19)14-8-9-28(25,26)12-14/h1-7,14H,8-12H2,(H,21,24). The van der Waals surface area contributed by atoms with E-state index in [2.05, 4.69) is 10.4 Å². The molecule has 0 saturated carbocycles. The first-order chi connectivity index (χ1) is 13.5. The molecule has 28 heavy (non-hydrogen) atoms. The fourth-order valence-corrected chi connectivity index (χ4v) is 6.72. The van der Waals surface area contributed by atoms with Gasteiger partial charge in [-0.25, -0.2) is 13.1 Å². The first-order valence-corrected chi connectivity index (χ1v) is 12.2. The summed E-state index contributed by atoms with van der Waals surface area (Å²) < 4.78 is 25.7. The molecule has 3 aromatic rings. The van der Waals surface area contributed by atoms with Crippen LogP contribution in [0.5, 0.6) is 0 Å². The topological polar surface area (TPSA) is 81.1 Å². The second kappa shape index (κ2) is 6.63.